The summed E-state index contributed by atoms with van der Waals surface area (Å²) in [5.41, 5.74) is -0.124. The SMILES string of the molecule is CN(C(=O)[C@@H]1C[C@@H](N2CCC[C@H]2C(=O)O)CN1C(=O)[C@@H](NC(=O)COCCOCCOCCNc1cccc2c1C(=O)N(C1CCC(=O)NC1=O)C2=O)C(C)(C)C)c1ccc(-n2cc(NC(=O)c3coc(-c4ccnc(N(C)C5CC5)c4)n3)c(C(F)F)n2)cc1. The maximum atomic E-state index is 14.9. The largest absolute Gasteiger partial charge is 0.480 e. The molecule has 27 nitrogen and oxygen atoms in total. The molecule has 5 aliphatic rings. The number of ether oxygens (including phenoxy) is 3. The molecule has 3 saturated heterocycles. The average Bonchev–Trinajstić information content (AvgIpc) is 1.65. The predicted molar refractivity (Wildman–Crippen MR) is 318 cm³/mol. The van der Waals surface area contributed by atoms with E-state index in [2.05, 4.69) is 41.2 Å². The third kappa shape index (κ3) is 14.2. The summed E-state index contributed by atoms with van der Waals surface area (Å²) in [5.74, 6) is -5.06. The highest BCUT2D eigenvalue weighted by Gasteiger charge is 2.50. The van der Waals surface area contributed by atoms with Gasteiger partial charge in [0.15, 0.2) is 11.4 Å². The Hall–Kier alpha value is -9.06. The van der Waals surface area contributed by atoms with E-state index in [1.807, 2.05) is 11.9 Å². The molecule has 1 aliphatic carbocycles. The van der Waals surface area contributed by atoms with Crippen molar-refractivity contribution in [3.05, 3.63) is 95.8 Å². The highest BCUT2D eigenvalue weighted by atomic mass is 19.3. The van der Waals surface area contributed by atoms with Gasteiger partial charge in [0.2, 0.25) is 35.4 Å². The lowest BCUT2D eigenvalue weighted by Gasteiger charge is -2.36. The Morgan fingerprint density at radius 2 is 1.62 bits per heavy atom. The quantitative estimate of drug-likeness (QED) is 0.0381. The first kappa shape index (κ1) is 63.9. The van der Waals surface area contributed by atoms with E-state index < -0.39 is 108 Å². The highest BCUT2D eigenvalue weighted by molar-refractivity contribution is 6.25. The molecule has 4 fully saturated rings. The van der Waals surface area contributed by atoms with E-state index in [1.165, 1.54) is 41.2 Å². The second-order valence-corrected chi connectivity index (χ2v) is 23.7. The van der Waals surface area contributed by atoms with Gasteiger partial charge in [0.1, 0.15) is 42.9 Å². The van der Waals surface area contributed by atoms with E-state index in [9.17, 15) is 57.0 Å². The van der Waals surface area contributed by atoms with Crippen molar-refractivity contribution in [2.45, 2.75) is 108 Å². The molecule has 0 spiro atoms. The number of halogens is 2. The number of benzene rings is 2. The Morgan fingerprint density at radius 3 is 2.32 bits per heavy atom. The number of rotatable bonds is 26. The van der Waals surface area contributed by atoms with Crippen molar-refractivity contribution in [1.82, 2.24) is 45.1 Å². The highest BCUT2D eigenvalue weighted by Crippen LogP contribution is 2.36. The van der Waals surface area contributed by atoms with Crippen molar-refractivity contribution in [3.63, 3.8) is 0 Å². The van der Waals surface area contributed by atoms with Gasteiger partial charge in [-0.05, 0) is 99.0 Å². The van der Waals surface area contributed by atoms with Crippen LogP contribution in [0.5, 0.6) is 0 Å². The number of anilines is 4. The molecular weight excluding hydrogens is 1180 g/mol. The van der Waals surface area contributed by atoms with E-state index in [0.717, 1.165) is 28.7 Å². The van der Waals surface area contributed by atoms with Crippen molar-refractivity contribution in [2.75, 3.05) is 93.8 Å². The third-order valence-corrected chi connectivity index (χ3v) is 16.5. The lowest BCUT2D eigenvalue weighted by atomic mass is 9.85. The monoisotopic (exact) mass is 1250 g/mol. The van der Waals surface area contributed by atoms with Crippen LogP contribution in [0.25, 0.3) is 17.1 Å². The lowest BCUT2D eigenvalue weighted by Crippen LogP contribution is -2.58. The summed E-state index contributed by atoms with van der Waals surface area (Å²) in [4.78, 5) is 136. The van der Waals surface area contributed by atoms with Gasteiger partial charge in [-0.15, -0.1) is 0 Å². The van der Waals surface area contributed by atoms with Gasteiger partial charge in [-0.25, -0.2) is 23.4 Å². The number of carbonyl (C=O) groups excluding carboxylic acids is 8. The third-order valence-electron chi connectivity index (χ3n) is 16.5. The number of carbonyl (C=O) groups is 9. The van der Waals surface area contributed by atoms with Crippen LogP contribution in [0.15, 0.2) is 77.7 Å². The predicted octanol–water partition coefficient (Wildman–Crippen LogP) is 4.29. The number of hydrogen-bond acceptors (Lipinski definition) is 19. The number of alkyl halides is 2. The van der Waals surface area contributed by atoms with Gasteiger partial charge in [0.25, 0.3) is 24.1 Å². The molecule has 3 aromatic heterocycles. The van der Waals surface area contributed by atoms with Gasteiger partial charge in [-0.1, -0.05) is 26.8 Å². The summed E-state index contributed by atoms with van der Waals surface area (Å²) in [6.07, 6.45) is 4.14. The summed E-state index contributed by atoms with van der Waals surface area (Å²) in [6.45, 7) is 6.23. The summed E-state index contributed by atoms with van der Waals surface area (Å²) in [7, 11) is 3.46. The molecule has 2 aromatic carbocycles. The minimum absolute atomic E-state index is 0.000465. The number of likely N-dealkylation sites (N-methyl/N-ethyl adjacent to an activating group) is 1. The van der Waals surface area contributed by atoms with Crippen molar-refractivity contribution in [2.24, 2.45) is 5.41 Å². The van der Waals surface area contributed by atoms with Crippen molar-refractivity contribution in [3.8, 4) is 17.1 Å². The van der Waals surface area contributed by atoms with Crippen LogP contribution in [0.3, 0.4) is 0 Å². The number of nitrogens with zero attached hydrogens (tertiary/aromatic N) is 9. The van der Waals surface area contributed by atoms with Crippen LogP contribution in [0.1, 0.15) is 109 Å². The number of nitrogens with one attached hydrogen (secondary N) is 4. The first-order chi connectivity index (χ1) is 43.1. The summed E-state index contributed by atoms with van der Waals surface area (Å²) >= 11 is 0. The second kappa shape index (κ2) is 27.4. The van der Waals surface area contributed by atoms with Gasteiger partial charge < -0.3 is 54.4 Å². The number of likely N-dealkylation sites (tertiary alicyclic amines) is 2. The van der Waals surface area contributed by atoms with Gasteiger partial charge >= 0.3 is 5.97 Å². The topological polar surface area (TPSA) is 323 Å². The Bertz CT molecular complexity index is 3550. The molecule has 1 saturated carbocycles. The van der Waals surface area contributed by atoms with Gasteiger partial charge in [0.05, 0.1) is 61.7 Å². The van der Waals surface area contributed by atoms with Crippen molar-refractivity contribution < 1.29 is 75.7 Å². The number of aromatic nitrogens is 4. The maximum Gasteiger partial charge on any atom is 0.320 e. The Kier molecular flexibility index (Phi) is 19.4. The molecule has 29 heteroatoms. The zero-order valence-electron chi connectivity index (χ0n) is 50.3. The second-order valence-electron chi connectivity index (χ2n) is 23.7. The zero-order valence-corrected chi connectivity index (χ0v) is 50.3. The number of amides is 8. The fourth-order valence-corrected chi connectivity index (χ4v) is 11.6. The zero-order chi connectivity index (χ0) is 64.1. The number of carboxylic acid groups (broad SMARTS) is 1. The van der Waals surface area contributed by atoms with E-state index in [-0.39, 0.29) is 93.8 Å². The van der Waals surface area contributed by atoms with Crippen LogP contribution < -0.4 is 31.1 Å². The van der Waals surface area contributed by atoms with Crippen molar-refractivity contribution in [1.29, 1.82) is 0 Å². The standard InChI is InChI=1S/C61H71F2N13O14/c1-61(2,3)51(68-48(78)33-89-27-26-88-25-24-87-23-21-64-40-9-6-8-39-49(40)58(83)76(56(39)81)43-17-18-47(77)69-54(43)80)59(84)74-30-38(73-22-7-10-44(73)60(85)86)29-45(74)57(82)72(5)36-13-15-37(16-14-36)75-31-41(50(70-75)52(62)63)66-53(79)42-32-90-55(67-42)34-19-20-65-46(28-34)71(4)35-11-12-35/h6,8-9,13-16,19-20,28,31-32,35,38,43-45,51-52,64H,7,10-12,17-18,21-27,29-30,33H2,1-5H3,(H,66,79)(H,68,78)(H,85,86)(H,69,77,80)/t38-,43?,44+,45+,51-/m1/s1. The summed E-state index contributed by atoms with van der Waals surface area (Å²) in [6, 6.07) is 10.2. The summed E-state index contributed by atoms with van der Waals surface area (Å²) < 4.78 is 52.6. The number of oxazole rings is 1. The number of aliphatic carboxylic acids is 1. The molecule has 7 heterocycles. The fraction of sp³-hybridized carbons (Fsp3) is 0.475. The smallest absolute Gasteiger partial charge is 0.320 e. The Balaban J connectivity index is 0.710. The molecule has 10 rings (SSSR count). The van der Waals surface area contributed by atoms with Gasteiger partial charge in [-0.3, -0.25) is 58.3 Å². The molecule has 0 radical (unpaired) electrons. The first-order valence-corrected chi connectivity index (χ1v) is 29.7. The van der Waals surface area contributed by atoms with Crippen LogP contribution in [-0.2, 0) is 43.0 Å². The molecule has 4 aliphatic heterocycles. The first-order valence-electron chi connectivity index (χ1n) is 29.7. The molecule has 478 valence electrons. The minimum atomic E-state index is -3.08. The molecule has 8 amide bonds. The van der Waals surface area contributed by atoms with Gasteiger partial charge in [-0.2, -0.15) is 5.10 Å². The number of pyridine rings is 1. The number of imide groups is 2. The van der Waals surface area contributed by atoms with Crippen LogP contribution in [0.2, 0.25) is 0 Å². The molecule has 0 bridgehead atoms. The molecule has 90 heavy (non-hydrogen) atoms. The normalized spacial score (nSPS) is 19.7. The number of carboxylic acids is 1. The van der Waals surface area contributed by atoms with Gasteiger partial charge in [0, 0.05) is 68.8 Å². The number of fused-ring (bicyclic) bond motifs is 1. The number of hydrogen-bond donors (Lipinski definition) is 5. The van der Waals surface area contributed by atoms with Crippen LogP contribution in [-0.4, -0.2) is 202 Å². The van der Waals surface area contributed by atoms with Crippen molar-refractivity contribution >= 4 is 76.1 Å². The Labute approximate surface area is 515 Å². The van der Waals surface area contributed by atoms with Crippen LogP contribution in [0, 0.1) is 5.41 Å². The fourth-order valence-electron chi connectivity index (χ4n) is 11.6. The van der Waals surface area contributed by atoms with E-state index in [4.69, 9.17) is 18.6 Å². The lowest BCUT2D eigenvalue weighted by molar-refractivity contribution is -0.144. The molecule has 1 unspecified atom stereocenters. The van der Waals surface area contributed by atoms with E-state index >= 15 is 0 Å². The van der Waals surface area contributed by atoms with E-state index in [1.54, 1.807) is 63.4 Å². The van der Waals surface area contributed by atoms with Crippen LogP contribution >= 0.6 is 0 Å². The molecule has 5 atom stereocenters. The molecule has 5 N–H and O–H groups in total. The maximum absolute atomic E-state index is 14.9. The van der Waals surface area contributed by atoms with E-state index in [0.29, 0.717) is 53.9 Å². The Morgan fingerprint density at radius 1 is 0.889 bits per heavy atom. The molecule has 5 aromatic rings. The number of piperidine rings is 1. The summed E-state index contributed by atoms with van der Waals surface area (Å²) in [5, 5.41) is 24.8. The minimum Gasteiger partial charge on any atom is -0.480 e. The molecular formula is C61H71F2N13O14. The van der Waals surface area contributed by atoms with Crippen LogP contribution in [0.4, 0.5) is 31.7 Å². The average molecular weight is 1250 g/mol.